The molecule has 0 aliphatic heterocycles. The standard InChI is InChI=1S/C10H22N2O2.H3N/c1-10(2,3)14-9(13)12-8-6-4-5-7-11;/h4-8,11H2,1-3H3,(H,12,13);1H3. The molecule has 0 unspecified atom stereocenters. The molecule has 0 aromatic heterocycles. The molecule has 0 aromatic rings. The van der Waals surface area contributed by atoms with Crippen molar-refractivity contribution >= 4 is 6.09 Å². The summed E-state index contributed by atoms with van der Waals surface area (Å²) in [6.07, 6.45) is 2.67. The predicted octanol–water partition coefficient (Wildman–Crippen LogP) is 1.80. The molecule has 92 valence electrons. The van der Waals surface area contributed by atoms with Gasteiger partial charge in [0, 0.05) is 6.54 Å². The maximum absolute atomic E-state index is 11.1. The van der Waals surface area contributed by atoms with Crippen molar-refractivity contribution in [3.8, 4) is 0 Å². The molecule has 0 aromatic carbocycles. The van der Waals surface area contributed by atoms with Crippen LogP contribution in [0.4, 0.5) is 4.79 Å². The second-order valence-corrected chi connectivity index (χ2v) is 4.28. The van der Waals surface area contributed by atoms with Crippen LogP contribution in [0, 0.1) is 0 Å². The van der Waals surface area contributed by atoms with Gasteiger partial charge in [-0.1, -0.05) is 6.42 Å². The highest BCUT2D eigenvalue weighted by Crippen LogP contribution is 2.06. The number of alkyl carbamates (subject to hydrolysis) is 1. The molecule has 5 nitrogen and oxygen atoms in total. The molecule has 0 fully saturated rings. The van der Waals surface area contributed by atoms with E-state index in [-0.39, 0.29) is 12.2 Å². The van der Waals surface area contributed by atoms with Crippen molar-refractivity contribution in [2.75, 3.05) is 13.1 Å². The number of carbonyl (C=O) groups is 1. The molecule has 0 aliphatic carbocycles. The molecule has 0 radical (unpaired) electrons. The zero-order valence-corrected chi connectivity index (χ0v) is 10.1. The summed E-state index contributed by atoms with van der Waals surface area (Å²) in [4.78, 5) is 11.1. The number of unbranched alkanes of at least 4 members (excludes halogenated alkanes) is 2. The fourth-order valence-electron chi connectivity index (χ4n) is 0.951. The second kappa shape index (κ2) is 8.49. The maximum Gasteiger partial charge on any atom is 0.407 e. The molecule has 15 heavy (non-hydrogen) atoms. The van der Waals surface area contributed by atoms with Crippen LogP contribution in [-0.2, 0) is 4.74 Å². The molecule has 0 aliphatic rings. The van der Waals surface area contributed by atoms with E-state index < -0.39 is 5.60 Å². The molecule has 5 heteroatoms. The first-order valence-corrected chi connectivity index (χ1v) is 5.12. The van der Waals surface area contributed by atoms with Crippen molar-refractivity contribution in [2.24, 2.45) is 5.73 Å². The number of amides is 1. The van der Waals surface area contributed by atoms with Crippen LogP contribution in [0.25, 0.3) is 0 Å². The second-order valence-electron chi connectivity index (χ2n) is 4.28. The number of nitrogens with two attached hydrogens (primary N) is 1. The average molecular weight is 219 g/mol. The maximum atomic E-state index is 11.1. The lowest BCUT2D eigenvalue weighted by molar-refractivity contribution is 0.0527. The molecule has 0 atom stereocenters. The van der Waals surface area contributed by atoms with Crippen LogP contribution in [0.5, 0.6) is 0 Å². The van der Waals surface area contributed by atoms with Gasteiger partial charge in [-0.05, 0) is 40.2 Å². The van der Waals surface area contributed by atoms with Gasteiger partial charge in [0.1, 0.15) is 5.60 Å². The zero-order chi connectivity index (χ0) is 11.0. The number of ether oxygens (including phenoxy) is 1. The first-order valence-electron chi connectivity index (χ1n) is 5.12. The number of carbonyl (C=O) groups excluding carboxylic acids is 1. The van der Waals surface area contributed by atoms with E-state index in [0.717, 1.165) is 19.3 Å². The van der Waals surface area contributed by atoms with Gasteiger partial charge in [-0.15, -0.1) is 0 Å². The summed E-state index contributed by atoms with van der Waals surface area (Å²) in [6, 6.07) is 0. The first kappa shape index (κ1) is 16.6. The highest BCUT2D eigenvalue weighted by Gasteiger charge is 2.15. The number of rotatable bonds is 5. The molecule has 0 bridgehead atoms. The third-order valence-corrected chi connectivity index (χ3v) is 1.55. The van der Waals surface area contributed by atoms with E-state index >= 15 is 0 Å². The minimum absolute atomic E-state index is 0. The lowest BCUT2D eigenvalue weighted by atomic mass is 10.2. The summed E-state index contributed by atoms with van der Waals surface area (Å²) >= 11 is 0. The van der Waals surface area contributed by atoms with Gasteiger partial charge in [-0.2, -0.15) is 0 Å². The zero-order valence-electron chi connectivity index (χ0n) is 10.1. The third kappa shape index (κ3) is 13.2. The lowest BCUT2D eigenvalue weighted by Gasteiger charge is -2.19. The Morgan fingerprint density at radius 3 is 2.33 bits per heavy atom. The van der Waals surface area contributed by atoms with Gasteiger partial charge in [0.15, 0.2) is 0 Å². The fourth-order valence-corrected chi connectivity index (χ4v) is 0.951. The number of hydrogen-bond acceptors (Lipinski definition) is 4. The van der Waals surface area contributed by atoms with Gasteiger partial charge in [0.05, 0.1) is 0 Å². The molecule has 0 rings (SSSR count). The Morgan fingerprint density at radius 1 is 1.27 bits per heavy atom. The molecule has 0 spiro atoms. The Bertz CT molecular complexity index is 167. The Labute approximate surface area is 92.3 Å². The van der Waals surface area contributed by atoms with Crippen molar-refractivity contribution in [3.63, 3.8) is 0 Å². The van der Waals surface area contributed by atoms with Gasteiger partial charge in [0.2, 0.25) is 0 Å². The number of nitrogens with one attached hydrogen (secondary N) is 1. The van der Waals surface area contributed by atoms with E-state index in [1.807, 2.05) is 20.8 Å². The van der Waals surface area contributed by atoms with Crippen LogP contribution >= 0.6 is 0 Å². The minimum Gasteiger partial charge on any atom is -0.444 e. The van der Waals surface area contributed by atoms with Crippen LogP contribution in [0.15, 0.2) is 0 Å². The van der Waals surface area contributed by atoms with E-state index in [1.54, 1.807) is 0 Å². The van der Waals surface area contributed by atoms with Crippen molar-refractivity contribution in [1.29, 1.82) is 0 Å². The van der Waals surface area contributed by atoms with Gasteiger partial charge in [0.25, 0.3) is 0 Å². The Kier molecular flexibility index (Phi) is 9.41. The minimum atomic E-state index is -0.415. The van der Waals surface area contributed by atoms with Crippen molar-refractivity contribution in [1.82, 2.24) is 11.5 Å². The molecule has 0 saturated heterocycles. The quantitative estimate of drug-likeness (QED) is 0.614. The van der Waals surface area contributed by atoms with E-state index in [1.165, 1.54) is 0 Å². The van der Waals surface area contributed by atoms with Crippen LogP contribution in [0.3, 0.4) is 0 Å². The summed E-state index contributed by atoms with van der Waals surface area (Å²) in [6.45, 7) is 6.92. The summed E-state index contributed by atoms with van der Waals surface area (Å²) in [5.74, 6) is 0. The van der Waals surface area contributed by atoms with Gasteiger partial charge in [-0.3, -0.25) is 0 Å². The smallest absolute Gasteiger partial charge is 0.407 e. The van der Waals surface area contributed by atoms with Crippen molar-refractivity contribution in [2.45, 2.75) is 45.6 Å². The summed E-state index contributed by atoms with van der Waals surface area (Å²) < 4.78 is 5.07. The highest BCUT2D eigenvalue weighted by molar-refractivity contribution is 5.67. The molecule has 1 amide bonds. The normalized spacial score (nSPS) is 10.4. The Morgan fingerprint density at radius 2 is 1.87 bits per heavy atom. The first-order chi connectivity index (χ1) is 6.45. The van der Waals surface area contributed by atoms with Crippen LogP contribution in [-0.4, -0.2) is 24.8 Å². The number of hydrogen-bond donors (Lipinski definition) is 3. The van der Waals surface area contributed by atoms with E-state index in [0.29, 0.717) is 13.1 Å². The average Bonchev–Trinajstić information content (AvgIpc) is 2.00. The van der Waals surface area contributed by atoms with Gasteiger partial charge in [-0.25, -0.2) is 4.79 Å². The summed E-state index contributed by atoms with van der Waals surface area (Å²) in [5.41, 5.74) is 4.93. The predicted molar refractivity (Wildman–Crippen MR) is 62.2 cm³/mol. The Balaban J connectivity index is 0. The van der Waals surface area contributed by atoms with E-state index in [2.05, 4.69) is 5.32 Å². The fraction of sp³-hybridized carbons (Fsp3) is 0.900. The SMILES string of the molecule is CC(C)(C)OC(=O)NCCCCCN.N. The highest BCUT2D eigenvalue weighted by atomic mass is 16.6. The monoisotopic (exact) mass is 219 g/mol. The third-order valence-electron chi connectivity index (χ3n) is 1.55. The summed E-state index contributed by atoms with van der Waals surface area (Å²) in [5, 5.41) is 2.70. The van der Waals surface area contributed by atoms with Crippen molar-refractivity contribution in [3.05, 3.63) is 0 Å². The van der Waals surface area contributed by atoms with Crippen LogP contribution in [0.1, 0.15) is 40.0 Å². The van der Waals surface area contributed by atoms with Gasteiger partial charge < -0.3 is 21.9 Å². The molecule has 0 saturated carbocycles. The van der Waals surface area contributed by atoms with Crippen LogP contribution < -0.4 is 17.2 Å². The summed E-state index contributed by atoms with van der Waals surface area (Å²) in [7, 11) is 0. The molecule has 0 heterocycles. The van der Waals surface area contributed by atoms with Gasteiger partial charge >= 0.3 is 6.09 Å². The molecule has 6 N–H and O–H groups in total. The van der Waals surface area contributed by atoms with Crippen LogP contribution in [0.2, 0.25) is 0 Å². The lowest BCUT2D eigenvalue weighted by Crippen LogP contribution is -2.33. The van der Waals surface area contributed by atoms with E-state index in [4.69, 9.17) is 10.5 Å². The van der Waals surface area contributed by atoms with E-state index in [9.17, 15) is 4.79 Å². The van der Waals surface area contributed by atoms with Crippen molar-refractivity contribution < 1.29 is 9.53 Å². The topological polar surface area (TPSA) is 99.3 Å². The largest absolute Gasteiger partial charge is 0.444 e. The Hall–Kier alpha value is -0.810. The molecular formula is C10H25N3O2. The molecular weight excluding hydrogens is 194 g/mol.